The van der Waals surface area contributed by atoms with Crippen LogP contribution in [0.4, 0.5) is 15.9 Å². The van der Waals surface area contributed by atoms with Crippen molar-refractivity contribution in [3.63, 3.8) is 0 Å². The molecule has 3 heteroatoms. The number of halogens is 1. The summed E-state index contributed by atoms with van der Waals surface area (Å²) in [7, 11) is 0. The minimum absolute atomic E-state index is 0.582. The fourth-order valence-corrected chi connectivity index (χ4v) is 2.38. The lowest BCUT2D eigenvalue weighted by Gasteiger charge is -2.25. The van der Waals surface area contributed by atoms with Gasteiger partial charge in [0.25, 0.3) is 0 Å². The summed E-state index contributed by atoms with van der Waals surface area (Å²) in [6.45, 7) is 8.49. The third-order valence-electron chi connectivity index (χ3n) is 3.75. The molecule has 0 fully saturated rings. The van der Waals surface area contributed by atoms with Crippen LogP contribution in [0.3, 0.4) is 0 Å². The van der Waals surface area contributed by atoms with Gasteiger partial charge in [0.2, 0.25) is 0 Å². The lowest BCUT2D eigenvalue weighted by molar-refractivity contribution is 0.615. The Hall–Kier alpha value is -1.25. The lowest BCUT2D eigenvalue weighted by Crippen LogP contribution is -2.25. The van der Waals surface area contributed by atoms with Crippen LogP contribution in [0.5, 0.6) is 0 Å². The van der Waals surface area contributed by atoms with Crippen LogP contribution in [-0.4, -0.2) is 13.1 Å². The molecule has 0 saturated carbocycles. The van der Waals surface area contributed by atoms with Gasteiger partial charge < -0.3 is 4.90 Å². The van der Waals surface area contributed by atoms with E-state index in [1.807, 2.05) is 19.1 Å². The molecule has 0 atom stereocenters. The molecule has 0 bridgehead atoms. The second-order valence-electron chi connectivity index (χ2n) is 5.49. The smallest absolute Gasteiger partial charge is 0.0705 e. The molecule has 0 unspecified atom stereocenters. The third kappa shape index (κ3) is 5.40. The Kier molecular flexibility index (Phi) is 8.08. The average Bonchev–Trinajstić information content (AvgIpc) is 2.47. The first-order chi connectivity index (χ1) is 9.72. The van der Waals surface area contributed by atoms with Gasteiger partial charge in [-0.2, -0.15) is 0 Å². The molecule has 0 aromatic heterocycles. The highest BCUT2D eigenvalue weighted by Gasteiger charge is 2.08. The summed E-state index contributed by atoms with van der Waals surface area (Å²) in [6, 6.07) is 6.02. The maximum atomic E-state index is 12.8. The molecular formula is C17H29FN2. The molecule has 114 valence electrons. The van der Waals surface area contributed by atoms with Crippen molar-refractivity contribution in [2.45, 2.75) is 59.3 Å². The number of nitrogens with one attached hydrogen (secondary N) is 1. The van der Waals surface area contributed by atoms with Crippen molar-refractivity contribution in [3.8, 4) is 0 Å². The van der Waals surface area contributed by atoms with E-state index in [0.29, 0.717) is 5.69 Å². The zero-order chi connectivity index (χ0) is 14.8. The van der Waals surface area contributed by atoms with E-state index in [1.165, 1.54) is 38.5 Å². The summed E-state index contributed by atoms with van der Waals surface area (Å²) in [4.78, 5) is 2.39. The molecule has 1 aromatic carbocycles. The van der Waals surface area contributed by atoms with E-state index in [9.17, 15) is 4.48 Å². The molecule has 0 spiro atoms. The maximum absolute atomic E-state index is 12.8. The van der Waals surface area contributed by atoms with Crippen molar-refractivity contribution in [1.29, 1.82) is 0 Å². The summed E-state index contributed by atoms with van der Waals surface area (Å²) in [5, 5.41) is 0. The van der Waals surface area contributed by atoms with Crippen molar-refractivity contribution in [1.82, 2.24) is 0 Å². The first kappa shape index (κ1) is 16.8. The van der Waals surface area contributed by atoms with E-state index >= 15 is 0 Å². The zero-order valence-electron chi connectivity index (χ0n) is 13.2. The van der Waals surface area contributed by atoms with Gasteiger partial charge in [-0.1, -0.05) is 45.6 Å². The number of hydrogen-bond donors (Lipinski definition) is 1. The van der Waals surface area contributed by atoms with E-state index in [-0.39, 0.29) is 0 Å². The molecule has 0 saturated heterocycles. The highest BCUT2D eigenvalue weighted by atomic mass is 19.2. The third-order valence-corrected chi connectivity index (χ3v) is 3.75. The molecular weight excluding hydrogens is 251 g/mol. The Morgan fingerprint density at radius 2 is 1.60 bits per heavy atom. The number of rotatable bonds is 10. The van der Waals surface area contributed by atoms with Gasteiger partial charge in [0.15, 0.2) is 0 Å². The fraction of sp³-hybridized carbons (Fsp3) is 0.647. The summed E-state index contributed by atoms with van der Waals surface area (Å²) < 4.78 is 12.8. The first-order valence-corrected chi connectivity index (χ1v) is 7.95. The normalized spacial score (nSPS) is 10.6. The molecule has 0 radical (unpaired) electrons. The first-order valence-electron chi connectivity index (χ1n) is 7.95. The van der Waals surface area contributed by atoms with Crippen LogP contribution in [0.15, 0.2) is 18.2 Å². The molecule has 20 heavy (non-hydrogen) atoms. The maximum Gasteiger partial charge on any atom is 0.0705 e. The second-order valence-corrected chi connectivity index (χ2v) is 5.49. The highest BCUT2D eigenvalue weighted by molar-refractivity contribution is 5.61. The van der Waals surface area contributed by atoms with Gasteiger partial charge in [0.05, 0.1) is 5.69 Å². The van der Waals surface area contributed by atoms with Crippen molar-refractivity contribution in [3.05, 3.63) is 23.8 Å². The minimum Gasteiger partial charge on any atom is -0.371 e. The Morgan fingerprint density at radius 1 is 1.00 bits per heavy atom. The lowest BCUT2D eigenvalue weighted by atomic mass is 10.1. The predicted molar refractivity (Wildman–Crippen MR) is 87.2 cm³/mol. The SMILES string of the molecule is CCCCCN(CCCCC)c1ccc(C)c(NF)c1. The van der Waals surface area contributed by atoms with E-state index in [1.54, 1.807) is 5.54 Å². The van der Waals surface area contributed by atoms with Gasteiger partial charge in [-0.3, -0.25) is 0 Å². The molecule has 0 heterocycles. The Labute approximate surface area is 123 Å². The van der Waals surface area contributed by atoms with Crippen LogP contribution in [0.25, 0.3) is 0 Å². The molecule has 1 N–H and O–H groups in total. The number of nitrogens with zero attached hydrogens (tertiary/aromatic N) is 1. The van der Waals surface area contributed by atoms with Crippen LogP contribution >= 0.6 is 0 Å². The molecule has 0 aliphatic rings. The summed E-state index contributed by atoms with van der Waals surface area (Å²) >= 11 is 0. The predicted octanol–water partition coefficient (Wildman–Crippen LogP) is 5.48. The average molecular weight is 280 g/mol. The van der Waals surface area contributed by atoms with Crippen LogP contribution in [0.1, 0.15) is 57.9 Å². The molecule has 1 aromatic rings. The van der Waals surface area contributed by atoms with E-state index in [4.69, 9.17) is 0 Å². The van der Waals surface area contributed by atoms with Crippen molar-refractivity contribution in [2.75, 3.05) is 23.5 Å². The quantitative estimate of drug-likeness (QED) is 0.451. The minimum atomic E-state index is 0.582. The van der Waals surface area contributed by atoms with Crippen LogP contribution < -0.4 is 10.4 Å². The van der Waals surface area contributed by atoms with E-state index in [2.05, 4.69) is 24.8 Å². The Bertz CT molecular complexity index is 369. The molecule has 2 nitrogen and oxygen atoms in total. The van der Waals surface area contributed by atoms with Crippen molar-refractivity contribution in [2.24, 2.45) is 0 Å². The van der Waals surface area contributed by atoms with Gasteiger partial charge in [-0.25, -0.2) is 5.54 Å². The van der Waals surface area contributed by atoms with Gasteiger partial charge in [-0.05, 0) is 37.5 Å². The molecule has 0 amide bonds. The number of hydrogen-bond acceptors (Lipinski definition) is 2. The molecule has 0 aliphatic heterocycles. The molecule has 1 rings (SSSR count). The number of benzene rings is 1. The monoisotopic (exact) mass is 280 g/mol. The van der Waals surface area contributed by atoms with E-state index in [0.717, 1.165) is 24.3 Å². The fourth-order valence-electron chi connectivity index (χ4n) is 2.38. The van der Waals surface area contributed by atoms with Crippen molar-refractivity contribution >= 4 is 11.4 Å². The topological polar surface area (TPSA) is 15.3 Å². The number of anilines is 2. The second kappa shape index (κ2) is 9.62. The Morgan fingerprint density at radius 3 is 2.10 bits per heavy atom. The van der Waals surface area contributed by atoms with Gasteiger partial charge in [0, 0.05) is 18.8 Å². The highest BCUT2D eigenvalue weighted by Crippen LogP contribution is 2.24. The number of aryl methyl sites for hydroxylation is 1. The molecule has 0 aliphatic carbocycles. The Balaban J connectivity index is 2.73. The summed E-state index contributed by atoms with van der Waals surface area (Å²) in [5.74, 6) is 0. The zero-order valence-corrected chi connectivity index (χ0v) is 13.2. The van der Waals surface area contributed by atoms with Crippen LogP contribution in [0.2, 0.25) is 0 Å². The van der Waals surface area contributed by atoms with Crippen molar-refractivity contribution < 1.29 is 4.48 Å². The van der Waals surface area contributed by atoms with E-state index < -0.39 is 0 Å². The standard InChI is InChI=1S/C17H29FN2/c1-4-6-8-12-20(13-9-7-5-2)16-11-10-15(3)17(14-16)19-18/h10-11,14,19H,4-9,12-13H2,1-3H3. The van der Waals surface area contributed by atoms with Gasteiger partial charge >= 0.3 is 0 Å². The summed E-state index contributed by atoms with van der Waals surface area (Å²) in [6.07, 6.45) is 7.38. The largest absolute Gasteiger partial charge is 0.371 e. The number of unbranched alkanes of at least 4 members (excludes halogenated alkanes) is 4. The van der Waals surface area contributed by atoms with Crippen LogP contribution in [-0.2, 0) is 0 Å². The van der Waals surface area contributed by atoms with Gasteiger partial charge in [0.1, 0.15) is 0 Å². The van der Waals surface area contributed by atoms with Gasteiger partial charge in [-0.15, -0.1) is 4.48 Å². The summed E-state index contributed by atoms with van der Waals surface area (Å²) in [5.41, 5.74) is 4.45. The van der Waals surface area contributed by atoms with Crippen LogP contribution in [0, 0.1) is 6.92 Å².